The highest BCUT2D eigenvalue weighted by Crippen LogP contribution is 2.34. The van der Waals surface area contributed by atoms with Crippen LogP contribution in [0, 0.1) is 0 Å². The molecule has 1 saturated heterocycles. The summed E-state index contributed by atoms with van der Waals surface area (Å²) < 4.78 is 69.5. The monoisotopic (exact) mass is 440 g/mol. The van der Waals surface area contributed by atoms with Crippen LogP contribution in [0.2, 0.25) is 0 Å². The van der Waals surface area contributed by atoms with Crippen LogP contribution in [0.5, 0.6) is 0 Å². The number of aliphatic carboxylic acids is 1. The molecule has 0 unspecified atom stereocenters. The summed E-state index contributed by atoms with van der Waals surface area (Å²) in [7, 11) is -3.18. The molecule has 1 aromatic rings. The van der Waals surface area contributed by atoms with Crippen molar-refractivity contribution in [3.63, 3.8) is 0 Å². The van der Waals surface area contributed by atoms with Crippen molar-refractivity contribution < 1.29 is 41.0 Å². The van der Waals surface area contributed by atoms with Crippen LogP contribution < -0.4 is 0 Å². The van der Waals surface area contributed by atoms with Gasteiger partial charge in [-0.3, -0.25) is 4.98 Å². The quantitative estimate of drug-likeness (QED) is 0.744. The van der Waals surface area contributed by atoms with Gasteiger partial charge in [0.25, 0.3) is 0 Å². The lowest BCUT2D eigenvalue weighted by atomic mass is 10.1. The third-order valence-electron chi connectivity index (χ3n) is 4.62. The molecule has 1 saturated carbocycles. The first-order chi connectivity index (χ1) is 13.6. The molecule has 1 aromatic heterocycles. The Morgan fingerprint density at radius 3 is 2.62 bits per heavy atom. The topological polar surface area (TPSA) is 106 Å². The summed E-state index contributed by atoms with van der Waals surface area (Å²) in [6, 6.07) is 5.62. The van der Waals surface area contributed by atoms with Gasteiger partial charge in [0.1, 0.15) is 6.10 Å². The van der Waals surface area contributed by atoms with E-state index < -0.39 is 22.2 Å². The third-order valence-corrected chi connectivity index (χ3v) is 6.52. The van der Waals surface area contributed by atoms with Crippen LogP contribution in [0.15, 0.2) is 24.4 Å². The van der Waals surface area contributed by atoms with Gasteiger partial charge < -0.3 is 14.6 Å². The number of alkyl halides is 3. The second-order valence-electron chi connectivity index (χ2n) is 6.46. The summed E-state index contributed by atoms with van der Waals surface area (Å²) in [5.74, 6) is -2.62. The van der Waals surface area contributed by atoms with Gasteiger partial charge in [-0.15, -0.1) is 0 Å². The van der Waals surface area contributed by atoms with E-state index in [-0.39, 0.29) is 24.0 Å². The van der Waals surface area contributed by atoms with Crippen LogP contribution in [0.25, 0.3) is 0 Å². The SMILES string of the molecule is CCS(=O)(=O)N1CCO[C@H]2[C@@H](OCc3ccccn3)CC[C@@H]21.O=C(O)C(F)(F)F. The molecule has 2 heterocycles. The van der Waals surface area contributed by atoms with Crippen LogP contribution in [-0.2, 0) is 30.9 Å². The minimum atomic E-state index is -5.08. The van der Waals surface area contributed by atoms with E-state index in [1.165, 1.54) is 0 Å². The summed E-state index contributed by atoms with van der Waals surface area (Å²) in [5.41, 5.74) is 0.875. The number of rotatable bonds is 5. The molecule has 8 nitrogen and oxygen atoms in total. The minimum Gasteiger partial charge on any atom is -0.475 e. The van der Waals surface area contributed by atoms with Gasteiger partial charge in [0.2, 0.25) is 10.0 Å². The van der Waals surface area contributed by atoms with Crippen molar-refractivity contribution in [2.45, 2.75) is 50.8 Å². The van der Waals surface area contributed by atoms with Crippen molar-refractivity contribution in [2.75, 3.05) is 18.9 Å². The molecule has 0 aromatic carbocycles. The Bertz CT molecular complexity index is 775. The van der Waals surface area contributed by atoms with Crippen molar-refractivity contribution >= 4 is 16.0 Å². The Morgan fingerprint density at radius 2 is 2.07 bits per heavy atom. The van der Waals surface area contributed by atoms with Crippen molar-refractivity contribution in [2.24, 2.45) is 0 Å². The number of hydrogen-bond donors (Lipinski definition) is 1. The van der Waals surface area contributed by atoms with Gasteiger partial charge in [-0.2, -0.15) is 17.5 Å². The number of ether oxygens (including phenoxy) is 2. The number of carboxylic acid groups (broad SMARTS) is 1. The highest BCUT2D eigenvalue weighted by Gasteiger charge is 2.46. The first kappa shape index (κ1) is 23.5. The standard InChI is InChI=1S/C15H22N2O4S.C2HF3O2/c1-2-22(18,19)17-9-10-20-15-13(17)6-7-14(15)21-11-12-5-3-4-8-16-12;3-2(4,5)1(6)7/h3-5,8,13-15H,2,6-7,9-11H2,1H3;(H,6,7)/t13-,14-,15+;/m0./s1. The zero-order valence-corrected chi connectivity index (χ0v) is 16.5. The second kappa shape index (κ2) is 9.83. The maximum absolute atomic E-state index is 12.2. The minimum absolute atomic E-state index is 0.0677. The smallest absolute Gasteiger partial charge is 0.475 e. The van der Waals surface area contributed by atoms with Crippen LogP contribution >= 0.6 is 0 Å². The lowest BCUT2D eigenvalue weighted by Crippen LogP contribution is -2.54. The predicted molar refractivity (Wildman–Crippen MR) is 95.4 cm³/mol. The number of aromatic nitrogens is 1. The van der Waals surface area contributed by atoms with Crippen molar-refractivity contribution in [1.82, 2.24) is 9.29 Å². The van der Waals surface area contributed by atoms with E-state index in [0.29, 0.717) is 19.8 Å². The Hall–Kier alpha value is -1.76. The first-order valence-electron chi connectivity index (χ1n) is 8.99. The molecule has 164 valence electrons. The Kier molecular flexibility index (Phi) is 7.97. The fraction of sp³-hybridized carbons (Fsp3) is 0.647. The first-order valence-corrected chi connectivity index (χ1v) is 10.6. The van der Waals surface area contributed by atoms with Gasteiger partial charge >= 0.3 is 12.1 Å². The maximum Gasteiger partial charge on any atom is 0.490 e. The molecule has 1 aliphatic carbocycles. The number of morpholine rings is 1. The van der Waals surface area contributed by atoms with Gasteiger partial charge in [0.15, 0.2) is 0 Å². The molecule has 3 rings (SSSR count). The molecular weight excluding hydrogens is 417 g/mol. The predicted octanol–water partition coefficient (Wildman–Crippen LogP) is 1.81. The molecule has 1 N–H and O–H groups in total. The van der Waals surface area contributed by atoms with Crippen LogP contribution in [0.1, 0.15) is 25.5 Å². The van der Waals surface area contributed by atoms with Gasteiger partial charge in [-0.05, 0) is 31.9 Å². The van der Waals surface area contributed by atoms with Crippen molar-refractivity contribution in [1.29, 1.82) is 0 Å². The van der Waals surface area contributed by atoms with Gasteiger partial charge in [-0.1, -0.05) is 6.07 Å². The number of hydrogen-bond acceptors (Lipinski definition) is 6. The van der Waals surface area contributed by atoms with E-state index in [9.17, 15) is 21.6 Å². The van der Waals surface area contributed by atoms with E-state index in [2.05, 4.69) is 4.98 Å². The highest BCUT2D eigenvalue weighted by molar-refractivity contribution is 7.89. The van der Waals surface area contributed by atoms with E-state index in [0.717, 1.165) is 18.5 Å². The fourth-order valence-corrected chi connectivity index (χ4v) is 4.57. The molecule has 2 aliphatic rings. The summed E-state index contributed by atoms with van der Waals surface area (Å²) in [6.45, 7) is 3.00. The summed E-state index contributed by atoms with van der Waals surface area (Å²) in [6.07, 6.45) is -1.97. The third kappa shape index (κ3) is 6.36. The summed E-state index contributed by atoms with van der Waals surface area (Å²) in [4.78, 5) is 13.1. The van der Waals surface area contributed by atoms with Gasteiger partial charge in [0, 0.05) is 12.7 Å². The van der Waals surface area contributed by atoms with Gasteiger partial charge in [-0.25, -0.2) is 13.2 Å². The fourth-order valence-electron chi connectivity index (χ4n) is 3.25. The summed E-state index contributed by atoms with van der Waals surface area (Å²) in [5, 5.41) is 7.12. The van der Waals surface area contributed by atoms with Crippen molar-refractivity contribution in [3.05, 3.63) is 30.1 Å². The number of carboxylic acids is 1. The van der Waals surface area contributed by atoms with E-state index in [1.807, 2.05) is 18.2 Å². The number of nitrogens with zero attached hydrogens (tertiary/aromatic N) is 2. The second-order valence-corrected chi connectivity index (χ2v) is 8.68. The Labute approximate surface area is 166 Å². The normalized spacial score (nSPS) is 25.0. The Balaban J connectivity index is 0.000000370. The van der Waals surface area contributed by atoms with E-state index in [1.54, 1.807) is 17.4 Å². The maximum atomic E-state index is 12.2. The van der Waals surface area contributed by atoms with Crippen LogP contribution in [0.3, 0.4) is 0 Å². The number of sulfonamides is 1. The van der Waals surface area contributed by atoms with Crippen LogP contribution in [0.4, 0.5) is 13.2 Å². The van der Waals surface area contributed by atoms with E-state index >= 15 is 0 Å². The number of fused-ring (bicyclic) bond motifs is 1. The number of halogens is 3. The Morgan fingerprint density at radius 1 is 1.38 bits per heavy atom. The average molecular weight is 440 g/mol. The van der Waals surface area contributed by atoms with Crippen molar-refractivity contribution in [3.8, 4) is 0 Å². The van der Waals surface area contributed by atoms with E-state index in [4.69, 9.17) is 19.4 Å². The molecular formula is C17H23F3N2O6S. The lowest BCUT2D eigenvalue weighted by molar-refractivity contribution is -0.192. The molecule has 29 heavy (non-hydrogen) atoms. The highest BCUT2D eigenvalue weighted by atomic mass is 32.2. The zero-order valence-electron chi connectivity index (χ0n) is 15.7. The molecule has 1 aliphatic heterocycles. The molecule has 0 spiro atoms. The molecule has 0 amide bonds. The molecule has 0 bridgehead atoms. The van der Waals surface area contributed by atoms with Gasteiger partial charge in [0.05, 0.1) is 36.8 Å². The molecule has 3 atom stereocenters. The molecule has 0 radical (unpaired) electrons. The largest absolute Gasteiger partial charge is 0.490 e. The number of carbonyl (C=O) groups is 1. The molecule has 12 heteroatoms. The average Bonchev–Trinajstić information content (AvgIpc) is 3.10. The number of pyridine rings is 1. The zero-order chi connectivity index (χ0) is 21.7. The lowest BCUT2D eigenvalue weighted by Gasteiger charge is -2.37. The summed E-state index contributed by atoms with van der Waals surface area (Å²) >= 11 is 0. The van der Waals surface area contributed by atoms with Crippen LogP contribution in [-0.4, -0.2) is 72.1 Å². The molecule has 2 fully saturated rings.